The van der Waals surface area contributed by atoms with Gasteiger partial charge in [-0.1, -0.05) is 12.8 Å². The van der Waals surface area contributed by atoms with Crippen molar-refractivity contribution in [1.82, 2.24) is 0 Å². The Morgan fingerprint density at radius 1 is 1.47 bits per heavy atom. The fraction of sp³-hybridized carbons (Fsp3) is 0.417. The molecule has 1 aliphatic carbocycles. The van der Waals surface area contributed by atoms with Gasteiger partial charge in [0.1, 0.15) is 6.07 Å². The Kier molecular flexibility index (Phi) is 2.77. The second-order valence-electron chi connectivity index (χ2n) is 4.08. The first-order valence-corrected chi connectivity index (χ1v) is 5.33. The summed E-state index contributed by atoms with van der Waals surface area (Å²) >= 11 is 0. The molecule has 0 radical (unpaired) electrons. The number of rotatable bonds is 4. The van der Waals surface area contributed by atoms with Gasteiger partial charge in [-0.3, -0.25) is 0 Å². The van der Waals surface area contributed by atoms with Gasteiger partial charge in [0.15, 0.2) is 0 Å². The summed E-state index contributed by atoms with van der Waals surface area (Å²) in [6.07, 6.45) is 3.94. The average molecular weight is 201 g/mol. The Morgan fingerprint density at radius 3 is 2.93 bits per heavy atom. The third kappa shape index (κ3) is 2.63. The van der Waals surface area contributed by atoms with Gasteiger partial charge in [-0.25, -0.2) is 0 Å². The molecule has 1 aromatic carbocycles. The van der Waals surface area contributed by atoms with Crippen molar-refractivity contribution in [1.29, 1.82) is 5.26 Å². The molecule has 0 aliphatic heterocycles. The third-order valence-corrected chi connectivity index (χ3v) is 2.73. The molecule has 3 heteroatoms. The van der Waals surface area contributed by atoms with Gasteiger partial charge in [0.05, 0.1) is 11.3 Å². The van der Waals surface area contributed by atoms with E-state index in [4.69, 9.17) is 11.0 Å². The molecule has 0 heterocycles. The lowest BCUT2D eigenvalue weighted by molar-refractivity contribution is 0.760. The highest BCUT2D eigenvalue weighted by molar-refractivity contribution is 5.62. The van der Waals surface area contributed by atoms with Crippen LogP contribution in [-0.2, 0) is 0 Å². The van der Waals surface area contributed by atoms with Crippen LogP contribution >= 0.6 is 0 Å². The van der Waals surface area contributed by atoms with E-state index in [9.17, 15) is 0 Å². The van der Waals surface area contributed by atoms with Crippen LogP contribution in [0.1, 0.15) is 24.8 Å². The van der Waals surface area contributed by atoms with Crippen molar-refractivity contribution in [2.75, 3.05) is 17.6 Å². The molecule has 0 bridgehead atoms. The minimum Gasteiger partial charge on any atom is -0.399 e. The molecule has 0 spiro atoms. The maximum atomic E-state index is 8.92. The SMILES string of the molecule is N#Cc1cc(N)ccc1NCCC1CC1. The molecular formula is C12H15N3. The molecule has 0 amide bonds. The molecule has 2 rings (SSSR count). The highest BCUT2D eigenvalue weighted by atomic mass is 14.9. The van der Waals surface area contributed by atoms with Crippen LogP contribution in [0, 0.1) is 17.2 Å². The van der Waals surface area contributed by atoms with Crippen LogP contribution < -0.4 is 11.1 Å². The Hall–Kier alpha value is -1.69. The van der Waals surface area contributed by atoms with Crippen LogP contribution in [0.5, 0.6) is 0 Å². The maximum Gasteiger partial charge on any atom is 0.101 e. The summed E-state index contributed by atoms with van der Waals surface area (Å²) in [6, 6.07) is 7.55. The summed E-state index contributed by atoms with van der Waals surface area (Å²) in [5.74, 6) is 0.914. The molecule has 0 atom stereocenters. The Balaban J connectivity index is 1.96. The van der Waals surface area contributed by atoms with E-state index in [2.05, 4.69) is 11.4 Å². The molecule has 0 unspecified atom stereocenters. The summed E-state index contributed by atoms with van der Waals surface area (Å²) < 4.78 is 0. The monoisotopic (exact) mass is 201 g/mol. The number of nitrogens with zero attached hydrogens (tertiary/aromatic N) is 1. The van der Waals surface area contributed by atoms with E-state index in [-0.39, 0.29) is 0 Å². The van der Waals surface area contributed by atoms with Crippen molar-refractivity contribution in [2.45, 2.75) is 19.3 Å². The maximum absolute atomic E-state index is 8.92. The fourth-order valence-electron chi connectivity index (χ4n) is 1.63. The zero-order valence-electron chi connectivity index (χ0n) is 8.66. The Morgan fingerprint density at radius 2 is 2.27 bits per heavy atom. The largest absolute Gasteiger partial charge is 0.399 e. The van der Waals surface area contributed by atoms with Crippen LogP contribution in [-0.4, -0.2) is 6.54 Å². The normalized spacial score (nSPS) is 14.6. The van der Waals surface area contributed by atoms with E-state index in [0.717, 1.165) is 18.2 Å². The number of anilines is 2. The van der Waals surface area contributed by atoms with Crippen molar-refractivity contribution in [2.24, 2.45) is 5.92 Å². The van der Waals surface area contributed by atoms with Gasteiger partial charge in [0.2, 0.25) is 0 Å². The van der Waals surface area contributed by atoms with Crippen LogP contribution in [0.25, 0.3) is 0 Å². The molecule has 3 nitrogen and oxygen atoms in total. The molecular weight excluding hydrogens is 186 g/mol. The molecule has 3 N–H and O–H groups in total. The van der Waals surface area contributed by atoms with Gasteiger partial charge in [-0.15, -0.1) is 0 Å². The number of benzene rings is 1. The summed E-state index contributed by atoms with van der Waals surface area (Å²) in [6.45, 7) is 0.948. The summed E-state index contributed by atoms with van der Waals surface area (Å²) in [4.78, 5) is 0. The number of nitriles is 1. The minimum atomic E-state index is 0.630. The molecule has 0 saturated heterocycles. The van der Waals surface area contributed by atoms with E-state index in [1.54, 1.807) is 6.07 Å². The lowest BCUT2D eigenvalue weighted by Gasteiger charge is -2.07. The van der Waals surface area contributed by atoms with E-state index >= 15 is 0 Å². The first-order chi connectivity index (χ1) is 7.29. The van der Waals surface area contributed by atoms with Crippen molar-refractivity contribution in [3.8, 4) is 6.07 Å². The van der Waals surface area contributed by atoms with Crippen LogP contribution in [0.3, 0.4) is 0 Å². The smallest absolute Gasteiger partial charge is 0.101 e. The topological polar surface area (TPSA) is 61.8 Å². The van der Waals surface area contributed by atoms with Gasteiger partial charge >= 0.3 is 0 Å². The average Bonchev–Trinajstić information content (AvgIpc) is 3.04. The lowest BCUT2D eigenvalue weighted by atomic mass is 10.1. The standard InChI is InChI=1S/C12H15N3/c13-8-10-7-11(14)3-4-12(10)15-6-5-9-1-2-9/h3-4,7,9,15H,1-2,5-6,14H2. The number of nitrogen functional groups attached to an aromatic ring is 1. The summed E-state index contributed by atoms with van der Waals surface area (Å²) in [7, 11) is 0. The molecule has 1 fully saturated rings. The van der Waals surface area contributed by atoms with Gasteiger partial charge in [-0.05, 0) is 30.5 Å². The summed E-state index contributed by atoms with van der Waals surface area (Å²) in [5, 5.41) is 12.2. The number of nitrogens with two attached hydrogens (primary N) is 1. The van der Waals surface area contributed by atoms with Gasteiger partial charge in [-0.2, -0.15) is 5.26 Å². The van der Waals surface area contributed by atoms with E-state index < -0.39 is 0 Å². The minimum absolute atomic E-state index is 0.630. The third-order valence-electron chi connectivity index (χ3n) is 2.73. The van der Waals surface area contributed by atoms with Gasteiger partial charge < -0.3 is 11.1 Å². The fourth-order valence-corrected chi connectivity index (χ4v) is 1.63. The zero-order chi connectivity index (χ0) is 10.7. The second kappa shape index (κ2) is 4.22. The van der Waals surface area contributed by atoms with Crippen LogP contribution in [0.2, 0.25) is 0 Å². The predicted molar refractivity (Wildman–Crippen MR) is 61.4 cm³/mol. The van der Waals surface area contributed by atoms with Crippen LogP contribution in [0.4, 0.5) is 11.4 Å². The quantitative estimate of drug-likeness (QED) is 0.735. The second-order valence-corrected chi connectivity index (χ2v) is 4.08. The highest BCUT2D eigenvalue weighted by Crippen LogP contribution is 2.32. The van der Waals surface area contributed by atoms with Crippen molar-refractivity contribution < 1.29 is 0 Å². The molecule has 78 valence electrons. The Labute approximate surface area is 89.9 Å². The highest BCUT2D eigenvalue weighted by Gasteiger charge is 2.20. The van der Waals surface area contributed by atoms with Crippen LogP contribution in [0.15, 0.2) is 18.2 Å². The molecule has 15 heavy (non-hydrogen) atoms. The molecule has 0 aromatic heterocycles. The molecule has 1 saturated carbocycles. The van der Waals surface area contributed by atoms with Gasteiger partial charge in [0.25, 0.3) is 0 Å². The van der Waals surface area contributed by atoms with Crippen molar-refractivity contribution >= 4 is 11.4 Å². The van der Waals surface area contributed by atoms with Crippen molar-refractivity contribution in [3.05, 3.63) is 23.8 Å². The number of hydrogen-bond acceptors (Lipinski definition) is 3. The van der Waals surface area contributed by atoms with E-state index in [1.807, 2.05) is 12.1 Å². The van der Waals surface area contributed by atoms with E-state index in [0.29, 0.717) is 11.3 Å². The zero-order valence-corrected chi connectivity index (χ0v) is 8.66. The molecule has 1 aromatic rings. The van der Waals surface area contributed by atoms with Crippen molar-refractivity contribution in [3.63, 3.8) is 0 Å². The van der Waals surface area contributed by atoms with E-state index in [1.165, 1.54) is 19.3 Å². The number of nitrogens with one attached hydrogen (secondary N) is 1. The first kappa shape index (κ1) is 9.85. The number of hydrogen-bond donors (Lipinski definition) is 2. The first-order valence-electron chi connectivity index (χ1n) is 5.33. The lowest BCUT2D eigenvalue weighted by Crippen LogP contribution is -2.04. The molecule has 1 aliphatic rings. The Bertz CT molecular complexity index is 388. The van der Waals surface area contributed by atoms with Gasteiger partial charge in [0, 0.05) is 12.2 Å². The predicted octanol–water partition coefficient (Wildman–Crippen LogP) is 2.35. The summed E-state index contributed by atoms with van der Waals surface area (Å²) in [5.41, 5.74) is 7.78.